The second-order valence-electron chi connectivity index (χ2n) is 6.01. The first-order valence-corrected chi connectivity index (χ1v) is 9.11. The van der Waals surface area contributed by atoms with Crippen LogP contribution in [-0.4, -0.2) is 58.9 Å². The maximum atomic E-state index is 11.7. The Hall–Kier alpha value is -1.28. The highest BCUT2D eigenvalue weighted by atomic mass is 32.2. The molecule has 0 amide bonds. The Morgan fingerprint density at radius 3 is 2.83 bits per heavy atom. The molecule has 3 heterocycles. The zero-order valence-electron chi connectivity index (χ0n) is 13.7. The number of esters is 1. The van der Waals surface area contributed by atoms with Gasteiger partial charge in [-0.05, 0) is 32.6 Å². The van der Waals surface area contributed by atoms with E-state index in [-0.39, 0.29) is 17.3 Å². The van der Waals surface area contributed by atoms with Gasteiger partial charge in [0, 0.05) is 19.7 Å². The molecule has 8 heteroatoms. The van der Waals surface area contributed by atoms with Crippen molar-refractivity contribution in [2.45, 2.75) is 55.7 Å². The lowest BCUT2D eigenvalue weighted by Crippen LogP contribution is -2.25. The molecule has 7 nitrogen and oxygen atoms in total. The number of thioether (sulfide) groups is 1. The van der Waals surface area contributed by atoms with Gasteiger partial charge in [0.15, 0.2) is 5.16 Å². The monoisotopic (exact) mass is 340 g/mol. The summed E-state index contributed by atoms with van der Waals surface area (Å²) in [4.78, 5) is 14.0. The number of carbonyl (C=O) groups excluding carboxylic acids is 1. The summed E-state index contributed by atoms with van der Waals surface area (Å²) in [7, 11) is 1.41. The number of hydrogen-bond donors (Lipinski definition) is 0. The van der Waals surface area contributed by atoms with Gasteiger partial charge >= 0.3 is 5.97 Å². The van der Waals surface area contributed by atoms with Crippen LogP contribution in [0.4, 0.5) is 5.95 Å². The molecular weight excluding hydrogens is 316 g/mol. The number of hydrogen-bond acceptors (Lipinski definition) is 7. The highest BCUT2D eigenvalue weighted by Crippen LogP contribution is 2.29. The third-order valence-electron chi connectivity index (χ3n) is 4.31. The number of ether oxygens (including phenoxy) is 2. The van der Waals surface area contributed by atoms with Crippen LogP contribution in [0.25, 0.3) is 0 Å². The minimum absolute atomic E-state index is 0.208. The average Bonchev–Trinajstić information content (AvgIpc) is 3.29. The summed E-state index contributed by atoms with van der Waals surface area (Å²) in [6.07, 6.45) is 4.75. The third-order valence-corrected chi connectivity index (χ3v) is 5.37. The van der Waals surface area contributed by atoms with Gasteiger partial charge in [-0.2, -0.15) is 0 Å². The molecule has 2 aliphatic heterocycles. The minimum atomic E-state index is -0.307. The van der Waals surface area contributed by atoms with E-state index in [1.165, 1.54) is 31.7 Å². The predicted molar refractivity (Wildman–Crippen MR) is 87.8 cm³/mol. The van der Waals surface area contributed by atoms with Gasteiger partial charge in [-0.25, -0.2) is 0 Å². The topological polar surface area (TPSA) is 69.5 Å². The lowest BCUT2D eigenvalue weighted by Gasteiger charge is -2.20. The van der Waals surface area contributed by atoms with E-state index in [1.807, 2.05) is 6.92 Å². The van der Waals surface area contributed by atoms with Crippen LogP contribution in [0.2, 0.25) is 0 Å². The lowest BCUT2D eigenvalue weighted by atomic mass is 10.2. The van der Waals surface area contributed by atoms with Crippen LogP contribution in [-0.2, 0) is 20.8 Å². The van der Waals surface area contributed by atoms with E-state index in [1.54, 1.807) is 0 Å². The summed E-state index contributed by atoms with van der Waals surface area (Å²) in [5, 5.41) is 9.18. The number of nitrogens with zero attached hydrogens (tertiary/aromatic N) is 4. The van der Waals surface area contributed by atoms with Crippen molar-refractivity contribution in [2.75, 3.05) is 31.7 Å². The zero-order chi connectivity index (χ0) is 16.2. The van der Waals surface area contributed by atoms with Crippen LogP contribution in [0.5, 0.6) is 0 Å². The summed E-state index contributed by atoms with van der Waals surface area (Å²) in [6.45, 7) is 5.43. The largest absolute Gasteiger partial charge is 0.468 e. The quantitative estimate of drug-likeness (QED) is 0.577. The molecule has 3 rings (SSSR count). The van der Waals surface area contributed by atoms with Crippen LogP contribution < -0.4 is 4.90 Å². The third kappa shape index (κ3) is 3.80. The van der Waals surface area contributed by atoms with E-state index in [4.69, 9.17) is 9.47 Å². The summed E-state index contributed by atoms with van der Waals surface area (Å²) in [5.74, 6) is 0.655. The lowest BCUT2D eigenvalue weighted by molar-refractivity contribution is -0.139. The normalized spacial score (nSPS) is 22.5. The van der Waals surface area contributed by atoms with E-state index in [0.29, 0.717) is 0 Å². The molecule has 0 spiro atoms. The molecule has 0 aromatic carbocycles. The van der Waals surface area contributed by atoms with Crippen molar-refractivity contribution in [2.24, 2.45) is 0 Å². The first-order valence-electron chi connectivity index (χ1n) is 8.23. The van der Waals surface area contributed by atoms with Gasteiger partial charge < -0.3 is 14.4 Å². The fourth-order valence-corrected chi connectivity index (χ4v) is 3.92. The van der Waals surface area contributed by atoms with E-state index in [0.717, 1.165) is 50.2 Å². The highest BCUT2D eigenvalue weighted by Gasteiger charge is 2.27. The van der Waals surface area contributed by atoms with Crippen molar-refractivity contribution < 1.29 is 14.3 Å². The summed E-state index contributed by atoms with van der Waals surface area (Å²) < 4.78 is 12.7. The molecule has 23 heavy (non-hydrogen) atoms. The van der Waals surface area contributed by atoms with Crippen molar-refractivity contribution in [1.82, 2.24) is 14.8 Å². The van der Waals surface area contributed by atoms with Gasteiger partial charge in [-0.3, -0.25) is 9.36 Å². The summed E-state index contributed by atoms with van der Waals surface area (Å²) in [6, 6.07) is 0. The number of rotatable bonds is 6. The molecule has 2 fully saturated rings. The van der Waals surface area contributed by atoms with Crippen LogP contribution in [0.15, 0.2) is 5.16 Å². The number of methoxy groups -OCH3 is 1. The van der Waals surface area contributed by atoms with Crippen molar-refractivity contribution in [3.8, 4) is 0 Å². The molecular formula is C15H24N4O3S. The molecule has 1 aromatic rings. The number of anilines is 1. The second-order valence-corrected chi connectivity index (χ2v) is 7.31. The molecule has 0 aliphatic carbocycles. The van der Waals surface area contributed by atoms with Crippen molar-refractivity contribution >= 4 is 23.7 Å². The highest BCUT2D eigenvalue weighted by molar-refractivity contribution is 8.00. The maximum absolute atomic E-state index is 11.7. The standard InChI is InChI=1S/C15H24N4O3S/c1-11(13(20)21-2)23-15-17-16-14(18-7-3-4-8-18)19(15)10-12-6-5-9-22-12/h11-12H,3-10H2,1-2H3. The zero-order valence-corrected chi connectivity index (χ0v) is 14.5. The summed E-state index contributed by atoms with van der Waals surface area (Å²) in [5.41, 5.74) is 0. The Labute approximate surface area is 140 Å². The van der Waals surface area contributed by atoms with E-state index < -0.39 is 0 Å². The van der Waals surface area contributed by atoms with Gasteiger partial charge in [0.1, 0.15) is 5.25 Å². The van der Waals surface area contributed by atoms with E-state index >= 15 is 0 Å². The van der Waals surface area contributed by atoms with Gasteiger partial charge in [-0.1, -0.05) is 11.8 Å². The molecule has 2 atom stereocenters. The molecule has 0 bridgehead atoms. The predicted octanol–water partition coefficient (Wildman–Crippen LogP) is 1.71. The Bertz CT molecular complexity index is 539. The van der Waals surface area contributed by atoms with Crippen LogP contribution >= 0.6 is 11.8 Å². The molecule has 2 saturated heterocycles. The fourth-order valence-electron chi connectivity index (χ4n) is 3.04. The van der Waals surface area contributed by atoms with Crippen LogP contribution in [0.3, 0.4) is 0 Å². The molecule has 2 aliphatic rings. The van der Waals surface area contributed by atoms with Gasteiger partial charge in [0.25, 0.3) is 0 Å². The van der Waals surface area contributed by atoms with Crippen molar-refractivity contribution in [3.05, 3.63) is 0 Å². The average molecular weight is 340 g/mol. The van der Waals surface area contributed by atoms with Gasteiger partial charge in [0.05, 0.1) is 19.8 Å². The van der Waals surface area contributed by atoms with Crippen LogP contribution in [0, 0.1) is 0 Å². The SMILES string of the molecule is COC(=O)C(C)Sc1nnc(N2CCCC2)n1CC1CCCO1. The Morgan fingerprint density at radius 1 is 1.39 bits per heavy atom. The van der Waals surface area contributed by atoms with Gasteiger partial charge in [-0.15, -0.1) is 10.2 Å². The number of aromatic nitrogens is 3. The maximum Gasteiger partial charge on any atom is 0.318 e. The smallest absolute Gasteiger partial charge is 0.318 e. The first-order chi connectivity index (χ1) is 11.2. The molecule has 128 valence electrons. The van der Waals surface area contributed by atoms with Crippen molar-refractivity contribution in [1.29, 1.82) is 0 Å². The Balaban J connectivity index is 1.80. The fraction of sp³-hybridized carbons (Fsp3) is 0.800. The Kier molecular flexibility index (Phi) is 5.42. The molecule has 0 radical (unpaired) electrons. The van der Waals surface area contributed by atoms with Gasteiger partial charge in [0.2, 0.25) is 5.95 Å². The molecule has 1 aromatic heterocycles. The van der Waals surface area contributed by atoms with E-state index in [9.17, 15) is 4.79 Å². The second kappa shape index (κ2) is 7.53. The van der Waals surface area contributed by atoms with Crippen molar-refractivity contribution in [3.63, 3.8) is 0 Å². The first kappa shape index (κ1) is 16.6. The van der Waals surface area contributed by atoms with Crippen LogP contribution in [0.1, 0.15) is 32.6 Å². The van der Waals surface area contributed by atoms with E-state index in [2.05, 4.69) is 19.7 Å². The molecule has 2 unspecified atom stereocenters. The summed E-state index contributed by atoms with van der Waals surface area (Å²) >= 11 is 1.40. The number of carbonyl (C=O) groups is 1. The molecule has 0 N–H and O–H groups in total. The Morgan fingerprint density at radius 2 is 2.17 bits per heavy atom. The minimum Gasteiger partial charge on any atom is -0.468 e. The molecule has 0 saturated carbocycles.